The summed E-state index contributed by atoms with van der Waals surface area (Å²) in [5, 5.41) is 12.7. The zero-order valence-electron chi connectivity index (χ0n) is 10.00. The lowest BCUT2D eigenvalue weighted by Gasteiger charge is -2.54. The molecule has 2 aromatic rings. The minimum atomic E-state index is -1.05. The van der Waals surface area contributed by atoms with E-state index in [-0.39, 0.29) is 11.8 Å². The van der Waals surface area contributed by atoms with Gasteiger partial charge in [0, 0.05) is 5.92 Å². The zero-order chi connectivity index (χ0) is 13.2. The molecule has 3 heterocycles. The van der Waals surface area contributed by atoms with Crippen LogP contribution in [0, 0.1) is 5.92 Å². The highest BCUT2D eigenvalue weighted by molar-refractivity contribution is 5.83. The lowest BCUT2D eigenvalue weighted by Crippen LogP contribution is -2.70. The third-order valence-corrected chi connectivity index (χ3v) is 4.29. The van der Waals surface area contributed by atoms with E-state index in [4.69, 9.17) is 4.42 Å². The highest BCUT2D eigenvalue weighted by Gasteiger charge is 2.59. The van der Waals surface area contributed by atoms with E-state index in [1.54, 1.807) is 18.2 Å². The molecule has 2 bridgehead atoms. The average Bonchev–Trinajstić information content (AvgIpc) is 2.64. The van der Waals surface area contributed by atoms with Crippen LogP contribution < -0.4 is 11.1 Å². The maximum absolute atomic E-state index is 12.1. The number of fused-ring (bicyclic) bond motifs is 3. The summed E-state index contributed by atoms with van der Waals surface area (Å²) < 4.78 is 6.69. The largest absolute Gasteiger partial charge is 0.420 e. The van der Waals surface area contributed by atoms with Crippen LogP contribution in [0.5, 0.6) is 0 Å². The van der Waals surface area contributed by atoms with Gasteiger partial charge in [0.15, 0.2) is 11.8 Å². The standard InChI is InChI=1S/C13H12N2O4/c16-10-7-5-13(6-7,11(17)14-10)15-8-3-1-2-4-9(8)19-12(15)18/h1-4,7,11,17H,5-6H2,(H,14,16). The molecule has 3 aliphatic rings. The molecule has 6 heteroatoms. The second-order valence-electron chi connectivity index (χ2n) is 5.29. The molecule has 98 valence electrons. The molecule has 1 atom stereocenters. The molecule has 2 saturated heterocycles. The predicted molar refractivity (Wildman–Crippen MR) is 65.3 cm³/mol. The SMILES string of the molecule is O=C1NC(O)C2(n3c(=O)oc4ccccc43)CC1C2. The molecule has 5 rings (SSSR count). The number of piperidine rings is 2. The molecular weight excluding hydrogens is 248 g/mol. The number of oxazole rings is 1. The second-order valence-corrected chi connectivity index (χ2v) is 5.29. The quantitative estimate of drug-likeness (QED) is 0.764. The number of rotatable bonds is 1. The summed E-state index contributed by atoms with van der Waals surface area (Å²) in [6.07, 6.45) is -0.101. The number of aromatic nitrogens is 1. The van der Waals surface area contributed by atoms with Gasteiger partial charge in [-0.15, -0.1) is 0 Å². The number of aliphatic hydroxyl groups is 1. The number of hydrogen-bond acceptors (Lipinski definition) is 4. The Bertz CT molecular complexity index is 738. The molecule has 1 aromatic heterocycles. The van der Waals surface area contributed by atoms with Crippen LogP contribution in [-0.2, 0) is 10.3 Å². The lowest BCUT2D eigenvalue weighted by molar-refractivity contribution is -0.163. The first kappa shape index (κ1) is 10.8. The first-order valence-electron chi connectivity index (χ1n) is 6.21. The maximum atomic E-state index is 12.1. The smallest absolute Gasteiger partial charge is 0.408 e. The van der Waals surface area contributed by atoms with E-state index in [9.17, 15) is 14.7 Å². The Morgan fingerprint density at radius 3 is 2.79 bits per heavy atom. The van der Waals surface area contributed by atoms with Crippen molar-refractivity contribution in [1.82, 2.24) is 9.88 Å². The van der Waals surface area contributed by atoms with Gasteiger partial charge in [-0.25, -0.2) is 4.79 Å². The molecule has 1 aromatic carbocycles. The van der Waals surface area contributed by atoms with Crippen molar-refractivity contribution >= 4 is 17.0 Å². The number of carbonyl (C=O) groups is 1. The average molecular weight is 260 g/mol. The number of hydrogen-bond donors (Lipinski definition) is 2. The van der Waals surface area contributed by atoms with E-state index in [0.29, 0.717) is 23.9 Å². The van der Waals surface area contributed by atoms with Gasteiger partial charge < -0.3 is 14.8 Å². The predicted octanol–water partition coefficient (Wildman–Crippen LogP) is 0.148. The number of amides is 1. The van der Waals surface area contributed by atoms with Gasteiger partial charge in [-0.2, -0.15) is 0 Å². The van der Waals surface area contributed by atoms with Gasteiger partial charge in [-0.1, -0.05) is 12.1 Å². The van der Waals surface area contributed by atoms with Crippen molar-refractivity contribution in [2.45, 2.75) is 24.6 Å². The Balaban J connectivity index is 1.94. The fraction of sp³-hybridized carbons (Fsp3) is 0.385. The number of aliphatic hydroxyl groups excluding tert-OH is 1. The third-order valence-electron chi connectivity index (χ3n) is 4.29. The molecule has 3 fully saturated rings. The minimum Gasteiger partial charge on any atom is -0.408 e. The molecular formula is C13H12N2O4. The first-order chi connectivity index (χ1) is 9.12. The van der Waals surface area contributed by atoms with Crippen LogP contribution in [0.2, 0.25) is 0 Å². The fourth-order valence-electron chi connectivity index (χ4n) is 3.28. The normalized spacial score (nSPS) is 33.0. The molecule has 1 saturated carbocycles. The van der Waals surface area contributed by atoms with E-state index in [2.05, 4.69) is 5.32 Å². The molecule has 1 aliphatic carbocycles. The Labute approximate surface area is 107 Å². The monoisotopic (exact) mass is 260 g/mol. The topological polar surface area (TPSA) is 84.5 Å². The zero-order valence-corrected chi connectivity index (χ0v) is 10.00. The minimum absolute atomic E-state index is 0.121. The Morgan fingerprint density at radius 2 is 2.05 bits per heavy atom. The summed E-state index contributed by atoms with van der Waals surface area (Å²) in [7, 11) is 0. The second kappa shape index (κ2) is 3.27. The van der Waals surface area contributed by atoms with Crippen LogP contribution in [0.1, 0.15) is 12.8 Å². The van der Waals surface area contributed by atoms with E-state index < -0.39 is 17.5 Å². The van der Waals surface area contributed by atoms with Crippen molar-refractivity contribution < 1.29 is 14.3 Å². The van der Waals surface area contributed by atoms with E-state index in [1.165, 1.54) is 4.57 Å². The van der Waals surface area contributed by atoms with E-state index in [1.807, 2.05) is 6.07 Å². The Kier molecular flexibility index (Phi) is 1.86. The van der Waals surface area contributed by atoms with Gasteiger partial charge in [0.2, 0.25) is 5.91 Å². The van der Waals surface area contributed by atoms with E-state index >= 15 is 0 Å². The Hall–Kier alpha value is -2.08. The van der Waals surface area contributed by atoms with Crippen molar-refractivity contribution in [3.8, 4) is 0 Å². The summed E-state index contributed by atoms with van der Waals surface area (Å²) in [6.45, 7) is 0. The van der Waals surface area contributed by atoms with Crippen molar-refractivity contribution in [3.05, 3.63) is 34.8 Å². The lowest BCUT2D eigenvalue weighted by atomic mass is 9.63. The number of para-hydroxylation sites is 2. The highest BCUT2D eigenvalue weighted by atomic mass is 16.4. The summed E-state index contributed by atoms with van der Waals surface area (Å²) in [4.78, 5) is 23.6. The fourth-order valence-corrected chi connectivity index (χ4v) is 3.28. The molecule has 0 radical (unpaired) electrons. The molecule has 2 aliphatic heterocycles. The molecule has 1 unspecified atom stereocenters. The van der Waals surface area contributed by atoms with Crippen LogP contribution in [-0.4, -0.2) is 21.8 Å². The number of nitrogens with one attached hydrogen (secondary N) is 1. The van der Waals surface area contributed by atoms with Crippen molar-refractivity contribution in [1.29, 1.82) is 0 Å². The number of benzene rings is 1. The van der Waals surface area contributed by atoms with E-state index in [0.717, 1.165) is 0 Å². The first-order valence-corrected chi connectivity index (χ1v) is 6.21. The number of carbonyl (C=O) groups excluding carboxylic acids is 1. The maximum Gasteiger partial charge on any atom is 0.420 e. The highest BCUT2D eigenvalue weighted by Crippen LogP contribution is 2.49. The van der Waals surface area contributed by atoms with Gasteiger partial charge in [0.05, 0.1) is 11.1 Å². The summed E-state index contributed by atoms with van der Waals surface area (Å²) in [5.74, 6) is -0.756. The molecule has 6 nitrogen and oxygen atoms in total. The van der Waals surface area contributed by atoms with Crippen molar-refractivity contribution in [2.75, 3.05) is 0 Å². The molecule has 2 N–H and O–H groups in total. The van der Waals surface area contributed by atoms with Gasteiger partial charge in [-0.3, -0.25) is 9.36 Å². The third kappa shape index (κ3) is 1.19. The molecule has 1 amide bonds. The summed E-state index contributed by atoms with van der Waals surface area (Å²) in [6, 6.07) is 7.10. The van der Waals surface area contributed by atoms with Crippen LogP contribution in [0.3, 0.4) is 0 Å². The van der Waals surface area contributed by atoms with Gasteiger partial charge in [0.25, 0.3) is 0 Å². The van der Waals surface area contributed by atoms with Gasteiger partial charge in [-0.05, 0) is 25.0 Å². The summed E-state index contributed by atoms with van der Waals surface area (Å²) in [5.41, 5.74) is 0.387. The Morgan fingerprint density at radius 1 is 1.32 bits per heavy atom. The van der Waals surface area contributed by atoms with Crippen molar-refractivity contribution in [3.63, 3.8) is 0 Å². The van der Waals surface area contributed by atoms with Gasteiger partial charge >= 0.3 is 5.76 Å². The van der Waals surface area contributed by atoms with Gasteiger partial charge in [0.1, 0.15) is 0 Å². The van der Waals surface area contributed by atoms with Crippen LogP contribution in [0.25, 0.3) is 11.1 Å². The molecule has 0 spiro atoms. The summed E-state index contributed by atoms with van der Waals surface area (Å²) >= 11 is 0. The number of nitrogens with zero attached hydrogens (tertiary/aromatic N) is 1. The van der Waals surface area contributed by atoms with Crippen LogP contribution >= 0.6 is 0 Å². The van der Waals surface area contributed by atoms with Crippen LogP contribution in [0.4, 0.5) is 0 Å². The molecule has 19 heavy (non-hydrogen) atoms. The van der Waals surface area contributed by atoms with Crippen molar-refractivity contribution in [2.24, 2.45) is 5.92 Å². The van der Waals surface area contributed by atoms with Crippen LogP contribution in [0.15, 0.2) is 33.5 Å².